The maximum Gasteiger partial charge on any atom is 0.324 e. The minimum Gasteiger partial charge on any atom is -0.468 e. The minimum absolute atomic E-state index is 0.579. The Bertz CT molecular complexity index is 464. The molecule has 0 heterocycles. The van der Waals surface area contributed by atoms with E-state index in [2.05, 4.69) is 0 Å². The van der Waals surface area contributed by atoms with Gasteiger partial charge in [-0.25, -0.2) is 0 Å². The molecule has 1 aromatic rings. The third kappa shape index (κ3) is 3.18. The van der Waals surface area contributed by atoms with Crippen molar-refractivity contribution in [1.29, 1.82) is 0 Å². The van der Waals surface area contributed by atoms with E-state index in [4.69, 9.17) is 9.47 Å². The van der Waals surface area contributed by atoms with Crippen LogP contribution in [0.4, 0.5) is 0 Å². The molecule has 1 aromatic carbocycles. The van der Waals surface area contributed by atoms with Gasteiger partial charge >= 0.3 is 11.9 Å². The number of ether oxygens (including phenoxy) is 2. The molecule has 0 radical (unpaired) electrons. The monoisotopic (exact) mass is 278 g/mol. The van der Waals surface area contributed by atoms with Gasteiger partial charge in [0.15, 0.2) is 5.92 Å². The van der Waals surface area contributed by atoms with Crippen LogP contribution in [0, 0.1) is 6.92 Å². The van der Waals surface area contributed by atoms with Crippen LogP contribution < -0.4 is 0 Å². The van der Waals surface area contributed by atoms with E-state index in [0.29, 0.717) is 0 Å². The molecule has 0 aliphatic rings. The van der Waals surface area contributed by atoms with Crippen LogP contribution in [0.5, 0.6) is 0 Å². The maximum atomic E-state index is 12.0. The first kappa shape index (κ1) is 16.2. The lowest BCUT2D eigenvalue weighted by molar-refractivity contribution is -0.154. The van der Waals surface area contributed by atoms with Crippen molar-refractivity contribution < 1.29 is 19.1 Å². The molecule has 1 rings (SSSR count). The van der Waals surface area contributed by atoms with Crippen molar-refractivity contribution in [3.8, 4) is 0 Å². The number of carbonyl (C=O) groups excluding carboxylic acids is 2. The Morgan fingerprint density at radius 3 is 1.70 bits per heavy atom. The van der Waals surface area contributed by atoms with Gasteiger partial charge < -0.3 is 9.47 Å². The molecule has 4 nitrogen and oxygen atoms in total. The number of hydrogen-bond donors (Lipinski definition) is 0. The molecule has 0 fully saturated rings. The molecule has 0 saturated heterocycles. The summed E-state index contributed by atoms with van der Waals surface area (Å²) < 4.78 is 9.56. The summed E-state index contributed by atoms with van der Waals surface area (Å²) in [4.78, 5) is 24.0. The van der Waals surface area contributed by atoms with Crippen LogP contribution in [-0.2, 0) is 31.9 Å². The van der Waals surface area contributed by atoms with Crippen LogP contribution in [0.15, 0.2) is 12.1 Å². The predicted octanol–water partition coefficient (Wildman–Crippen LogP) is 2.55. The molecule has 0 N–H and O–H groups in total. The number of aryl methyl sites for hydroxylation is 3. The molecule has 0 aliphatic heterocycles. The molecule has 0 saturated carbocycles. The van der Waals surface area contributed by atoms with E-state index < -0.39 is 17.9 Å². The number of carbonyl (C=O) groups is 2. The highest BCUT2D eigenvalue weighted by Crippen LogP contribution is 2.29. The topological polar surface area (TPSA) is 52.6 Å². The third-order valence-corrected chi connectivity index (χ3v) is 3.42. The van der Waals surface area contributed by atoms with Crippen LogP contribution >= 0.6 is 0 Å². The Balaban J connectivity index is 3.53. The molecule has 0 atom stereocenters. The van der Waals surface area contributed by atoms with E-state index in [1.165, 1.54) is 14.2 Å². The van der Waals surface area contributed by atoms with Gasteiger partial charge in [0.05, 0.1) is 14.2 Å². The zero-order valence-electron chi connectivity index (χ0n) is 12.8. The lowest BCUT2D eigenvalue weighted by Gasteiger charge is -2.20. The Kier molecular flexibility index (Phi) is 5.74. The van der Waals surface area contributed by atoms with E-state index >= 15 is 0 Å². The maximum absolute atomic E-state index is 12.0. The minimum atomic E-state index is -1.00. The smallest absolute Gasteiger partial charge is 0.324 e. The first-order chi connectivity index (χ1) is 9.49. The average Bonchev–Trinajstić information content (AvgIpc) is 2.47. The molecule has 0 aliphatic carbocycles. The summed E-state index contributed by atoms with van der Waals surface area (Å²) in [6, 6.07) is 4.01. The van der Waals surface area contributed by atoms with Crippen LogP contribution in [0.3, 0.4) is 0 Å². The molecular weight excluding hydrogens is 256 g/mol. The van der Waals surface area contributed by atoms with Crippen LogP contribution in [0.1, 0.15) is 42.0 Å². The standard InChI is InChI=1S/C16H22O4/c1-6-11-8-10(3)9-12(7-2)13(11)14(15(17)19-4)16(18)20-5/h8-9,14H,6-7H2,1-5H3. The summed E-state index contributed by atoms with van der Waals surface area (Å²) in [6.07, 6.45) is 1.49. The molecule has 4 heteroatoms. The Labute approximate surface area is 120 Å². The van der Waals surface area contributed by atoms with Crippen LogP contribution in [0.2, 0.25) is 0 Å². The second-order valence-electron chi connectivity index (χ2n) is 4.68. The van der Waals surface area contributed by atoms with Crippen molar-refractivity contribution in [3.63, 3.8) is 0 Å². The van der Waals surface area contributed by atoms with Crippen LogP contribution in [0.25, 0.3) is 0 Å². The molecule has 0 spiro atoms. The van der Waals surface area contributed by atoms with Crippen molar-refractivity contribution in [2.24, 2.45) is 0 Å². The second kappa shape index (κ2) is 7.08. The lowest BCUT2D eigenvalue weighted by Crippen LogP contribution is -2.26. The summed E-state index contributed by atoms with van der Waals surface area (Å²) in [7, 11) is 2.56. The van der Waals surface area contributed by atoms with Crippen molar-refractivity contribution in [2.45, 2.75) is 39.5 Å². The van der Waals surface area contributed by atoms with Gasteiger partial charge in [-0.2, -0.15) is 0 Å². The number of methoxy groups -OCH3 is 2. The first-order valence-corrected chi connectivity index (χ1v) is 6.78. The fourth-order valence-corrected chi connectivity index (χ4v) is 2.48. The van der Waals surface area contributed by atoms with Gasteiger partial charge in [0, 0.05) is 0 Å². The van der Waals surface area contributed by atoms with Gasteiger partial charge in [0.25, 0.3) is 0 Å². The van der Waals surface area contributed by atoms with Crippen LogP contribution in [-0.4, -0.2) is 26.2 Å². The molecular formula is C16H22O4. The molecule has 110 valence electrons. The summed E-state index contributed by atoms with van der Waals surface area (Å²) >= 11 is 0. The zero-order valence-corrected chi connectivity index (χ0v) is 12.8. The van der Waals surface area contributed by atoms with Crippen molar-refractivity contribution in [3.05, 3.63) is 34.4 Å². The van der Waals surface area contributed by atoms with Crippen molar-refractivity contribution in [1.82, 2.24) is 0 Å². The summed E-state index contributed by atoms with van der Waals surface area (Å²) in [5.74, 6) is -2.16. The number of hydrogen-bond acceptors (Lipinski definition) is 4. The highest BCUT2D eigenvalue weighted by Gasteiger charge is 2.34. The Morgan fingerprint density at radius 2 is 1.40 bits per heavy atom. The van der Waals surface area contributed by atoms with E-state index in [1.807, 2.05) is 32.9 Å². The molecule has 20 heavy (non-hydrogen) atoms. The highest BCUT2D eigenvalue weighted by atomic mass is 16.5. The third-order valence-electron chi connectivity index (χ3n) is 3.42. The fraction of sp³-hybridized carbons (Fsp3) is 0.500. The SMILES string of the molecule is CCc1cc(C)cc(CC)c1C(C(=O)OC)C(=O)OC. The van der Waals surface area contributed by atoms with E-state index in [9.17, 15) is 9.59 Å². The number of esters is 2. The van der Waals surface area contributed by atoms with Gasteiger partial charge in [-0.05, 0) is 36.5 Å². The predicted molar refractivity (Wildman–Crippen MR) is 76.7 cm³/mol. The number of benzene rings is 1. The largest absolute Gasteiger partial charge is 0.468 e. The van der Waals surface area contributed by atoms with Gasteiger partial charge in [-0.1, -0.05) is 31.5 Å². The quantitative estimate of drug-likeness (QED) is 0.613. The molecule has 0 bridgehead atoms. The fourth-order valence-electron chi connectivity index (χ4n) is 2.48. The van der Waals surface area contributed by atoms with Gasteiger partial charge in [-0.15, -0.1) is 0 Å². The molecule has 0 unspecified atom stereocenters. The van der Waals surface area contributed by atoms with E-state index in [0.717, 1.165) is 35.1 Å². The number of rotatable bonds is 5. The average molecular weight is 278 g/mol. The van der Waals surface area contributed by atoms with E-state index in [-0.39, 0.29) is 0 Å². The summed E-state index contributed by atoms with van der Waals surface area (Å²) in [5.41, 5.74) is 3.83. The van der Waals surface area contributed by atoms with Gasteiger partial charge in [-0.3, -0.25) is 9.59 Å². The molecule has 0 aromatic heterocycles. The van der Waals surface area contributed by atoms with Gasteiger partial charge in [0.1, 0.15) is 0 Å². The lowest BCUT2D eigenvalue weighted by atomic mass is 9.86. The van der Waals surface area contributed by atoms with E-state index in [1.54, 1.807) is 0 Å². The van der Waals surface area contributed by atoms with Crippen molar-refractivity contribution >= 4 is 11.9 Å². The Morgan fingerprint density at radius 1 is 1.00 bits per heavy atom. The highest BCUT2D eigenvalue weighted by molar-refractivity contribution is 6.01. The second-order valence-corrected chi connectivity index (χ2v) is 4.68. The zero-order chi connectivity index (χ0) is 15.3. The molecule has 0 amide bonds. The van der Waals surface area contributed by atoms with Crippen molar-refractivity contribution in [2.75, 3.05) is 14.2 Å². The first-order valence-electron chi connectivity index (χ1n) is 6.78. The summed E-state index contributed by atoms with van der Waals surface area (Å²) in [6.45, 7) is 6.01. The normalized spacial score (nSPS) is 10.5. The van der Waals surface area contributed by atoms with Gasteiger partial charge in [0.2, 0.25) is 0 Å². The Hall–Kier alpha value is -1.84. The summed E-state index contributed by atoms with van der Waals surface area (Å²) in [5, 5.41) is 0.